The third-order valence-electron chi connectivity index (χ3n) is 2.34. The van der Waals surface area contributed by atoms with Gasteiger partial charge in [-0.25, -0.2) is 5.84 Å². The fourth-order valence-corrected chi connectivity index (χ4v) is 1.63. The Bertz CT molecular complexity index is 512. The van der Waals surface area contributed by atoms with Crippen LogP contribution in [-0.2, 0) is 7.05 Å². The lowest BCUT2D eigenvalue weighted by Crippen LogP contribution is -2.31. The van der Waals surface area contributed by atoms with Crippen LogP contribution >= 0.6 is 0 Å². The number of aryl methyl sites for hydroxylation is 1. The molecule has 0 saturated heterocycles. The predicted octanol–water partition coefficient (Wildman–Crippen LogP) is 0.413. The molecule has 0 unspecified atom stereocenters. The summed E-state index contributed by atoms with van der Waals surface area (Å²) in [5.74, 6) is 5.98. The first kappa shape index (κ1) is 9.67. The monoisotopic (exact) mass is 203 g/mol. The van der Waals surface area contributed by atoms with Crippen LogP contribution in [0.25, 0.3) is 10.9 Å². The second kappa shape index (κ2) is 3.70. The molecule has 0 fully saturated rings. The Morgan fingerprint density at radius 3 is 2.87 bits per heavy atom. The maximum atomic E-state index is 5.39. The smallest absolute Gasteiger partial charge is 0.163 e. The molecule has 3 N–H and O–H groups in total. The minimum absolute atomic E-state index is 0.590. The number of aromatic nitrogens is 2. The Labute approximate surface area is 87.6 Å². The van der Waals surface area contributed by atoms with Gasteiger partial charge in [0, 0.05) is 19.5 Å². The van der Waals surface area contributed by atoms with E-state index >= 15 is 0 Å². The highest BCUT2D eigenvalue weighted by atomic mass is 15.3. The summed E-state index contributed by atoms with van der Waals surface area (Å²) in [6, 6.07) is 7.96. The molecule has 0 amide bonds. The molecule has 0 radical (unpaired) electrons. The Balaban J connectivity index is 2.72. The van der Waals surface area contributed by atoms with Gasteiger partial charge in [0.1, 0.15) is 5.69 Å². The van der Waals surface area contributed by atoms with Crippen LogP contribution in [0.4, 0.5) is 0 Å². The predicted molar refractivity (Wildman–Crippen MR) is 60.5 cm³/mol. The summed E-state index contributed by atoms with van der Waals surface area (Å²) in [4.78, 5) is 4.04. The first-order chi connectivity index (χ1) is 7.27. The van der Waals surface area contributed by atoms with Crippen LogP contribution in [0.1, 0.15) is 5.69 Å². The average Bonchev–Trinajstić information content (AvgIpc) is 2.60. The van der Waals surface area contributed by atoms with Gasteiger partial charge in [-0.05, 0) is 6.07 Å². The van der Waals surface area contributed by atoms with Crippen molar-refractivity contribution >= 4 is 16.7 Å². The zero-order valence-corrected chi connectivity index (χ0v) is 8.73. The van der Waals surface area contributed by atoms with E-state index in [1.54, 1.807) is 7.05 Å². The van der Waals surface area contributed by atoms with E-state index in [1.807, 2.05) is 36.0 Å². The third-order valence-corrected chi connectivity index (χ3v) is 2.34. The van der Waals surface area contributed by atoms with Crippen LogP contribution in [0.5, 0.6) is 0 Å². The van der Waals surface area contributed by atoms with Gasteiger partial charge < -0.3 is 5.43 Å². The zero-order valence-electron chi connectivity index (χ0n) is 8.73. The number of hydrazine groups is 1. The lowest BCUT2D eigenvalue weighted by Gasteiger charge is -1.99. The number of rotatable bonds is 1. The minimum atomic E-state index is 0.590. The van der Waals surface area contributed by atoms with Crippen LogP contribution in [0.3, 0.4) is 0 Å². The Kier molecular flexibility index (Phi) is 2.39. The van der Waals surface area contributed by atoms with Crippen LogP contribution in [0.15, 0.2) is 29.3 Å². The average molecular weight is 203 g/mol. The topological polar surface area (TPSA) is 68.2 Å². The third kappa shape index (κ3) is 1.46. The van der Waals surface area contributed by atoms with E-state index in [0.29, 0.717) is 5.84 Å². The fraction of sp³-hybridized carbons (Fsp3) is 0.200. The minimum Gasteiger partial charge on any atom is -0.307 e. The van der Waals surface area contributed by atoms with Crippen molar-refractivity contribution in [2.45, 2.75) is 0 Å². The number of hydrogen-bond acceptors (Lipinski definition) is 3. The molecule has 0 saturated carbocycles. The number of nitrogens with zero attached hydrogens (tertiary/aromatic N) is 3. The number of para-hydroxylation sites is 1. The van der Waals surface area contributed by atoms with Gasteiger partial charge in [-0.2, -0.15) is 5.10 Å². The normalized spacial score (nSPS) is 12.1. The lowest BCUT2D eigenvalue weighted by molar-refractivity contribution is 0.789. The highest BCUT2D eigenvalue weighted by Gasteiger charge is 2.11. The molecule has 0 aliphatic rings. The van der Waals surface area contributed by atoms with E-state index < -0.39 is 0 Å². The number of hydrogen-bond donors (Lipinski definition) is 2. The maximum Gasteiger partial charge on any atom is 0.163 e. The number of nitrogens with two attached hydrogens (primary N) is 1. The number of aliphatic imine (C=N–C) groups is 1. The van der Waals surface area contributed by atoms with E-state index in [1.165, 1.54) is 0 Å². The molecule has 0 bridgehead atoms. The first-order valence-electron chi connectivity index (χ1n) is 4.63. The molecule has 1 aromatic carbocycles. The van der Waals surface area contributed by atoms with Gasteiger partial charge in [-0.3, -0.25) is 9.67 Å². The molecule has 0 atom stereocenters. The molecule has 15 heavy (non-hydrogen) atoms. The van der Waals surface area contributed by atoms with E-state index in [9.17, 15) is 0 Å². The van der Waals surface area contributed by atoms with Crippen molar-refractivity contribution in [3.8, 4) is 0 Å². The Morgan fingerprint density at radius 2 is 2.20 bits per heavy atom. The second-order valence-corrected chi connectivity index (χ2v) is 3.21. The molecule has 5 heteroatoms. The quantitative estimate of drug-likeness (QED) is 0.305. The molecule has 1 aromatic heterocycles. The van der Waals surface area contributed by atoms with Crippen LogP contribution in [0, 0.1) is 0 Å². The van der Waals surface area contributed by atoms with Crippen LogP contribution < -0.4 is 11.3 Å². The molecule has 1 heterocycles. The first-order valence-corrected chi connectivity index (χ1v) is 4.63. The van der Waals surface area contributed by atoms with Gasteiger partial charge in [0.25, 0.3) is 0 Å². The highest BCUT2D eigenvalue weighted by molar-refractivity contribution is 6.07. The second-order valence-electron chi connectivity index (χ2n) is 3.21. The molecule has 0 aliphatic carbocycles. The van der Waals surface area contributed by atoms with Crippen molar-refractivity contribution < 1.29 is 0 Å². The Hall–Kier alpha value is -1.88. The van der Waals surface area contributed by atoms with Gasteiger partial charge in [0.2, 0.25) is 0 Å². The summed E-state index contributed by atoms with van der Waals surface area (Å²) in [5, 5.41) is 5.42. The number of amidine groups is 1. The fourth-order valence-electron chi connectivity index (χ4n) is 1.63. The molecule has 0 aliphatic heterocycles. The van der Waals surface area contributed by atoms with Crippen molar-refractivity contribution in [3.05, 3.63) is 30.0 Å². The van der Waals surface area contributed by atoms with E-state index in [2.05, 4.69) is 15.5 Å². The van der Waals surface area contributed by atoms with Crippen LogP contribution in [-0.4, -0.2) is 22.7 Å². The summed E-state index contributed by atoms with van der Waals surface area (Å²) < 4.78 is 1.81. The summed E-state index contributed by atoms with van der Waals surface area (Å²) in [5.41, 5.74) is 4.38. The zero-order chi connectivity index (χ0) is 10.8. The van der Waals surface area contributed by atoms with Crippen LogP contribution in [0.2, 0.25) is 0 Å². The van der Waals surface area contributed by atoms with E-state index in [-0.39, 0.29) is 0 Å². The largest absolute Gasteiger partial charge is 0.307 e. The number of nitrogens with one attached hydrogen (secondary N) is 1. The van der Waals surface area contributed by atoms with Gasteiger partial charge in [0.15, 0.2) is 5.84 Å². The molecular formula is C10H13N5. The molecular weight excluding hydrogens is 190 g/mol. The molecule has 5 nitrogen and oxygen atoms in total. The highest BCUT2D eigenvalue weighted by Crippen LogP contribution is 2.17. The van der Waals surface area contributed by atoms with Gasteiger partial charge in [0.05, 0.1) is 5.52 Å². The molecule has 2 aromatic rings. The van der Waals surface area contributed by atoms with Crippen molar-refractivity contribution in [2.24, 2.45) is 17.9 Å². The SMILES string of the molecule is CN=C(NN)c1nn(C)c2ccccc12. The number of fused-ring (bicyclic) bond motifs is 1. The van der Waals surface area contributed by atoms with Crippen molar-refractivity contribution in [1.82, 2.24) is 15.2 Å². The van der Waals surface area contributed by atoms with Crippen molar-refractivity contribution in [1.29, 1.82) is 0 Å². The molecule has 78 valence electrons. The van der Waals surface area contributed by atoms with Gasteiger partial charge >= 0.3 is 0 Å². The summed E-state index contributed by atoms with van der Waals surface area (Å²) in [6.45, 7) is 0. The summed E-state index contributed by atoms with van der Waals surface area (Å²) in [7, 11) is 3.58. The van der Waals surface area contributed by atoms with Gasteiger partial charge in [-0.15, -0.1) is 0 Å². The number of benzene rings is 1. The lowest BCUT2D eigenvalue weighted by atomic mass is 10.2. The molecule has 2 rings (SSSR count). The van der Waals surface area contributed by atoms with Crippen molar-refractivity contribution in [2.75, 3.05) is 7.05 Å². The van der Waals surface area contributed by atoms with Gasteiger partial charge in [-0.1, -0.05) is 18.2 Å². The maximum absolute atomic E-state index is 5.39. The van der Waals surface area contributed by atoms with E-state index in [4.69, 9.17) is 5.84 Å². The summed E-state index contributed by atoms with van der Waals surface area (Å²) in [6.07, 6.45) is 0. The molecule has 0 spiro atoms. The van der Waals surface area contributed by atoms with E-state index in [0.717, 1.165) is 16.6 Å². The summed E-state index contributed by atoms with van der Waals surface area (Å²) >= 11 is 0. The Morgan fingerprint density at radius 1 is 1.47 bits per heavy atom. The standard InChI is InChI=1S/C10H13N5/c1-12-10(13-11)9-7-5-3-4-6-8(7)15(2)14-9/h3-6H,11H2,1-2H3,(H,12,13). The van der Waals surface area contributed by atoms with Crippen molar-refractivity contribution in [3.63, 3.8) is 0 Å².